The number of benzene rings is 2. The van der Waals surface area contributed by atoms with Gasteiger partial charge in [-0.15, -0.1) is 0 Å². The van der Waals surface area contributed by atoms with Crippen molar-refractivity contribution in [3.8, 4) is 6.07 Å². The van der Waals surface area contributed by atoms with Gasteiger partial charge < -0.3 is 10.8 Å². The van der Waals surface area contributed by atoms with Crippen molar-refractivity contribution >= 4 is 23.4 Å². The zero-order valence-electron chi connectivity index (χ0n) is 10.5. The van der Waals surface area contributed by atoms with Crippen LogP contribution in [0.5, 0.6) is 0 Å². The predicted molar refractivity (Wildman–Crippen MR) is 77.5 cm³/mol. The molecule has 0 aromatic heterocycles. The van der Waals surface area contributed by atoms with E-state index in [0.29, 0.717) is 11.3 Å². The molecule has 5 heteroatoms. The van der Waals surface area contributed by atoms with Gasteiger partial charge in [-0.25, -0.2) is 0 Å². The summed E-state index contributed by atoms with van der Waals surface area (Å²) in [5.74, 6) is -0.851. The lowest BCUT2D eigenvalue weighted by Gasteiger charge is -2.05. The highest BCUT2D eigenvalue weighted by Crippen LogP contribution is 2.31. The second-order valence-corrected chi connectivity index (χ2v) is 5.30. The predicted octanol–water partition coefficient (Wildman–Crippen LogP) is 2.92. The van der Waals surface area contributed by atoms with Gasteiger partial charge in [0, 0.05) is 15.5 Å². The Balaban J connectivity index is 2.18. The Labute approximate surface area is 120 Å². The van der Waals surface area contributed by atoms with Crippen LogP contribution < -0.4 is 5.73 Å². The van der Waals surface area contributed by atoms with Gasteiger partial charge >= 0.3 is 5.97 Å². The number of carboxylic acid groups (broad SMARTS) is 1. The fraction of sp³-hybridized carbons (Fsp3) is 0.0667. The van der Waals surface area contributed by atoms with Crippen LogP contribution in [0.4, 0.5) is 5.69 Å². The molecule has 0 fully saturated rings. The molecule has 0 spiro atoms. The second-order valence-electron chi connectivity index (χ2n) is 4.18. The third-order valence-electron chi connectivity index (χ3n) is 2.63. The van der Waals surface area contributed by atoms with Crippen molar-refractivity contribution < 1.29 is 9.90 Å². The third kappa shape index (κ3) is 3.53. The largest absolute Gasteiger partial charge is 0.481 e. The molecule has 0 atom stereocenters. The van der Waals surface area contributed by atoms with E-state index >= 15 is 0 Å². The smallest absolute Gasteiger partial charge is 0.307 e. The summed E-state index contributed by atoms with van der Waals surface area (Å²) < 4.78 is 0. The van der Waals surface area contributed by atoms with Gasteiger partial charge in [-0.3, -0.25) is 4.79 Å². The maximum atomic E-state index is 10.6. The number of anilines is 1. The van der Waals surface area contributed by atoms with Gasteiger partial charge in [-0.2, -0.15) is 5.26 Å². The molecule has 0 bridgehead atoms. The molecule has 2 rings (SSSR count). The summed E-state index contributed by atoms with van der Waals surface area (Å²) in [7, 11) is 0. The van der Waals surface area contributed by atoms with E-state index in [0.717, 1.165) is 15.4 Å². The van der Waals surface area contributed by atoms with Crippen molar-refractivity contribution in [3.05, 3.63) is 53.6 Å². The minimum Gasteiger partial charge on any atom is -0.481 e. The SMILES string of the molecule is N#Cc1cc(N)ccc1Sc1ccc(CC(=O)O)cc1. The standard InChI is InChI=1S/C15H12N2O2S/c16-9-11-8-12(17)3-6-14(11)20-13-4-1-10(2-5-13)7-15(18)19/h1-6,8H,7,17H2,(H,18,19). The first kappa shape index (κ1) is 14.0. The minimum absolute atomic E-state index is 0.0102. The lowest BCUT2D eigenvalue weighted by Crippen LogP contribution is -1.99. The molecular formula is C15H12N2O2S. The monoisotopic (exact) mass is 284 g/mol. The Morgan fingerprint density at radius 2 is 1.95 bits per heavy atom. The highest BCUT2D eigenvalue weighted by Gasteiger charge is 2.06. The number of nitrogens with zero attached hydrogens (tertiary/aromatic N) is 1. The van der Waals surface area contributed by atoms with Crippen LogP contribution in [0.3, 0.4) is 0 Å². The topological polar surface area (TPSA) is 87.1 Å². The first-order valence-corrected chi connectivity index (χ1v) is 6.68. The van der Waals surface area contributed by atoms with Crippen LogP contribution in [0, 0.1) is 11.3 Å². The summed E-state index contributed by atoms with van der Waals surface area (Å²) >= 11 is 1.45. The van der Waals surface area contributed by atoms with Crippen LogP contribution in [0.25, 0.3) is 0 Å². The Morgan fingerprint density at radius 3 is 2.55 bits per heavy atom. The third-order valence-corrected chi connectivity index (χ3v) is 3.71. The first-order chi connectivity index (χ1) is 9.58. The van der Waals surface area contributed by atoms with Crippen molar-refractivity contribution in [2.24, 2.45) is 0 Å². The summed E-state index contributed by atoms with van der Waals surface area (Å²) in [5, 5.41) is 17.8. The Kier molecular flexibility index (Phi) is 4.28. The molecule has 0 heterocycles. The van der Waals surface area contributed by atoms with Crippen molar-refractivity contribution in [2.75, 3.05) is 5.73 Å². The van der Waals surface area contributed by atoms with Crippen LogP contribution in [-0.4, -0.2) is 11.1 Å². The van der Waals surface area contributed by atoms with Crippen LogP contribution in [0.15, 0.2) is 52.3 Å². The number of nitrogens with two attached hydrogens (primary N) is 1. The maximum absolute atomic E-state index is 10.6. The molecule has 2 aromatic carbocycles. The average Bonchev–Trinajstić information content (AvgIpc) is 2.42. The Bertz CT molecular complexity index is 675. The van der Waals surface area contributed by atoms with Gasteiger partial charge in [0.1, 0.15) is 6.07 Å². The number of carbonyl (C=O) groups is 1. The molecular weight excluding hydrogens is 272 g/mol. The van der Waals surface area contributed by atoms with E-state index in [4.69, 9.17) is 16.1 Å². The molecule has 0 aliphatic carbocycles. The fourth-order valence-corrected chi connectivity index (χ4v) is 2.58. The van der Waals surface area contributed by atoms with E-state index in [1.165, 1.54) is 11.8 Å². The van der Waals surface area contributed by atoms with E-state index in [-0.39, 0.29) is 6.42 Å². The zero-order chi connectivity index (χ0) is 14.5. The summed E-state index contributed by atoms with van der Waals surface area (Å²) in [6.45, 7) is 0. The van der Waals surface area contributed by atoms with Crippen LogP contribution in [-0.2, 0) is 11.2 Å². The molecule has 20 heavy (non-hydrogen) atoms. The number of rotatable bonds is 4. The Hall–Kier alpha value is -2.45. The van der Waals surface area contributed by atoms with Gasteiger partial charge in [0.2, 0.25) is 0 Å². The molecule has 4 nitrogen and oxygen atoms in total. The maximum Gasteiger partial charge on any atom is 0.307 e. The molecule has 100 valence electrons. The van der Waals surface area contributed by atoms with Crippen molar-refractivity contribution in [1.82, 2.24) is 0 Å². The molecule has 0 unspecified atom stereocenters. The highest BCUT2D eigenvalue weighted by molar-refractivity contribution is 7.99. The normalized spacial score (nSPS) is 9.95. The van der Waals surface area contributed by atoms with Crippen LogP contribution >= 0.6 is 11.8 Å². The van der Waals surface area contributed by atoms with Gasteiger partial charge in [0.05, 0.1) is 12.0 Å². The molecule has 3 N–H and O–H groups in total. The summed E-state index contributed by atoms with van der Waals surface area (Å²) in [6, 6.07) is 14.6. The lowest BCUT2D eigenvalue weighted by atomic mass is 10.2. The molecule has 0 saturated heterocycles. The molecule has 0 aliphatic heterocycles. The van der Waals surface area contributed by atoms with Gasteiger partial charge in [0.25, 0.3) is 0 Å². The fourth-order valence-electron chi connectivity index (χ4n) is 1.70. The van der Waals surface area contributed by atoms with Gasteiger partial charge in [-0.1, -0.05) is 23.9 Å². The quantitative estimate of drug-likeness (QED) is 0.843. The minimum atomic E-state index is -0.851. The van der Waals surface area contributed by atoms with E-state index in [9.17, 15) is 4.79 Å². The van der Waals surface area contributed by atoms with E-state index in [1.54, 1.807) is 24.3 Å². The van der Waals surface area contributed by atoms with E-state index < -0.39 is 5.97 Å². The van der Waals surface area contributed by atoms with Crippen molar-refractivity contribution in [1.29, 1.82) is 5.26 Å². The summed E-state index contributed by atoms with van der Waals surface area (Å²) in [5.41, 5.74) is 7.49. The molecule has 0 saturated carbocycles. The van der Waals surface area contributed by atoms with Gasteiger partial charge in [-0.05, 0) is 35.9 Å². The van der Waals surface area contributed by atoms with Crippen molar-refractivity contribution in [3.63, 3.8) is 0 Å². The van der Waals surface area contributed by atoms with E-state index in [2.05, 4.69) is 6.07 Å². The summed E-state index contributed by atoms with van der Waals surface area (Å²) in [6.07, 6.45) is 0.0102. The first-order valence-electron chi connectivity index (χ1n) is 5.86. The summed E-state index contributed by atoms with van der Waals surface area (Å²) in [4.78, 5) is 12.4. The van der Waals surface area contributed by atoms with Crippen LogP contribution in [0.1, 0.15) is 11.1 Å². The number of aliphatic carboxylic acids is 1. The number of hydrogen-bond acceptors (Lipinski definition) is 4. The molecule has 0 aliphatic rings. The second kappa shape index (κ2) is 6.13. The molecule has 2 aromatic rings. The zero-order valence-corrected chi connectivity index (χ0v) is 11.4. The number of carboxylic acids is 1. The van der Waals surface area contributed by atoms with E-state index in [1.807, 2.05) is 18.2 Å². The molecule has 0 radical (unpaired) electrons. The number of hydrogen-bond donors (Lipinski definition) is 2. The Morgan fingerprint density at radius 1 is 1.25 bits per heavy atom. The molecule has 0 amide bonds. The lowest BCUT2D eigenvalue weighted by molar-refractivity contribution is -0.136. The number of nitriles is 1. The van der Waals surface area contributed by atoms with Gasteiger partial charge in [0.15, 0.2) is 0 Å². The van der Waals surface area contributed by atoms with Crippen LogP contribution in [0.2, 0.25) is 0 Å². The number of nitrogen functional groups attached to an aromatic ring is 1. The average molecular weight is 284 g/mol. The highest BCUT2D eigenvalue weighted by atomic mass is 32.2. The van der Waals surface area contributed by atoms with Crippen molar-refractivity contribution in [2.45, 2.75) is 16.2 Å².